The average Bonchev–Trinajstić information content (AvgIpc) is 2.41. The van der Waals surface area contributed by atoms with Crippen LogP contribution in [0.25, 0.3) is 10.1 Å². The monoisotopic (exact) mass is 205 g/mol. The molecule has 74 valence electrons. The first-order chi connectivity index (χ1) is 6.91. The summed E-state index contributed by atoms with van der Waals surface area (Å²) in [5, 5.41) is 1.15. The van der Waals surface area contributed by atoms with Crippen LogP contribution in [-0.2, 0) is 5.41 Å². The van der Waals surface area contributed by atoms with Gasteiger partial charge in [0.2, 0.25) is 0 Å². The topological polar surface area (TPSA) is 0 Å². The van der Waals surface area contributed by atoms with Gasteiger partial charge in [0, 0.05) is 9.58 Å². The van der Waals surface area contributed by atoms with Gasteiger partial charge in [-0.1, -0.05) is 32.9 Å². The van der Waals surface area contributed by atoms with Crippen molar-refractivity contribution in [2.75, 3.05) is 0 Å². The minimum Gasteiger partial charge on any atom is -0.141 e. The highest BCUT2D eigenvalue weighted by Gasteiger charge is 2.17. The maximum absolute atomic E-state index is 8.10. The second kappa shape index (κ2) is 3.09. The molecule has 1 aromatic carbocycles. The van der Waals surface area contributed by atoms with Crippen molar-refractivity contribution >= 4 is 21.4 Å². The van der Waals surface area contributed by atoms with E-state index in [-0.39, 0.29) is 5.41 Å². The van der Waals surface area contributed by atoms with E-state index in [1.54, 1.807) is 11.3 Å². The molecule has 0 radical (unpaired) electrons. The van der Waals surface area contributed by atoms with Gasteiger partial charge in [-0.15, -0.1) is 11.3 Å². The zero-order chi connectivity index (χ0) is 11.2. The predicted octanol–water partition coefficient (Wildman–Crippen LogP) is 4.51. The lowest BCUT2D eigenvalue weighted by Gasteiger charge is -2.19. The van der Waals surface area contributed by atoms with Crippen molar-refractivity contribution in [1.82, 2.24) is 0 Å². The highest BCUT2D eigenvalue weighted by molar-refractivity contribution is 7.19. The van der Waals surface area contributed by atoms with Crippen LogP contribution >= 0.6 is 11.3 Å². The standard InChI is InChI=1S/C13H16S/c1-9-8-10-11(13(2,3)4)6-5-7-12(10)14-9/h5-8H,1-4H3/i8D. The van der Waals surface area contributed by atoms with Gasteiger partial charge in [0.05, 0.1) is 1.37 Å². The third-order valence-corrected chi connectivity index (χ3v) is 3.37. The van der Waals surface area contributed by atoms with E-state index in [1.165, 1.54) is 10.3 Å². The molecule has 1 aromatic heterocycles. The van der Waals surface area contributed by atoms with Crippen molar-refractivity contribution in [1.29, 1.82) is 0 Å². The smallest absolute Gasteiger partial charge is 0.0641 e. The van der Waals surface area contributed by atoms with Crippen molar-refractivity contribution in [2.45, 2.75) is 33.1 Å². The lowest BCUT2D eigenvalue weighted by atomic mass is 9.85. The summed E-state index contributed by atoms with van der Waals surface area (Å²) in [6.07, 6.45) is 0. The minimum absolute atomic E-state index is 0.114. The maximum atomic E-state index is 8.10. The fourth-order valence-corrected chi connectivity index (χ4v) is 2.63. The van der Waals surface area contributed by atoms with Gasteiger partial charge in [-0.05, 0) is 35.4 Å². The van der Waals surface area contributed by atoms with E-state index in [2.05, 4.69) is 39.0 Å². The Morgan fingerprint density at radius 2 is 2.00 bits per heavy atom. The van der Waals surface area contributed by atoms with Crippen LogP contribution in [0, 0.1) is 6.92 Å². The Morgan fingerprint density at radius 3 is 2.64 bits per heavy atom. The SMILES string of the molecule is [2H]c1c(C)sc2cccc(C(C)(C)C)c12. The van der Waals surface area contributed by atoms with Crippen molar-refractivity contribution in [3.63, 3.8) is 0 Å². The van der Waals surface area contributed by atoms with Crippen molar-refractivity contribution in [3.8, 4) is 0 Å². The van der Waals surface area contributed by atoms with Crippen molar-refractivity contribution < 1.29 is 1.37 Å². The molecule has 0 spiro atoms. The average molecular weight is 205 g/mol. The fourth-order valence-electron chi connectivity index (χ4n) is 1.74. The molecule has 0 N–H and O–H groups in total. The molecule has 0 fully saturated rings. The van der Waals surface area contributed by atoms with Gasteiger partial charge in [0.15, 0.2) is 0 Å². The number of aryl methyl sites for hydroxylation is 1. The Morgan fingerprint density at radius 1 is 1.29 bits per heavy atom. The van der Waals surface area contributed by atoms with E-state index in [9.17, 15) is 0 Å². The molecule has 0 saturated carbocycles. The molecule has 0 aliphatic heterocycles. The number of fused-ring (bicyclic) bond motifs is 1. The van der Waals surface area contributed by atoms with Crippen LogP contribution in [0.1, 0.15) is 32.6 Å². The van der Waals surface area contributed by atoms with Gasteiger partial charge in [0.1, 0.15) is 0 Å². The molecule has 1 heterocycles. The van der Waals surface area contributed by atoms with Gasteiger partial charge in [-0.3, -0.25) is 0 Å². The van der Waals surface area contributed by atoms with Crippen molar-refractivity contribution in [2.24, 2.45) is 0 Å². The zero-order valence-corrected chi connectivity index (χ0v) is 9.96. The first-order valence-electron chi connectivity index (χ1n) is 5.40. The summed E-state index contributed by atoms with van der Waals surface area (Å²) in [6.45, 7) is 8.64. The number of hydrogen-bond donors (Lipinski definition) is 0. The van der Waals surface area contributed by atoms with Crippen LogP contribution in [-0.4, -0.2) is 0 Å². The normalized spacial score (nSPS) is 13.3. The summed E-state index contributed by atoms with van der Waals surface area (Å²) in [6, 6.07) is 7.06. The molecular formula is C13H16S. The van der Waals surface area contributed by atoms with Gasteiger partial charge in [-0.2, -0.15) is 0 Å². The van der Waals surface area contributed by atoms with Crippen molar-refractivity contribution in [3.05, 3.63) is 34.7 Å². The van der Waals surface area contributed by atoms with E-state index in [0.717, 1.165) is 10.3 Å². The van der Waals surface area contributed by atoms with E-state index < -0.39 is 0 Å². The summed E-state index contributed by atoms with van der Waals surface area (Å²) in [7, 11) is 0. The Balaban J connectivity index is 2.86. The van der Waals surface area contributed by atoms with Crippen LogP contribution in [0.5, 0.6) is 0 Å². The first kappa shape index (κ1) is 8.49. The number of benzene rings is 1. The number of thiophene rings is 1. The van der Waals surface area contributed by atoms with E-state index in [4.69, 9.17) is 1.37 Å². The van der Waals surface area contributed by atoms with E-state index >= 15 is 0 Å². The van der Waals surface area contributed by atoms with Crippen LogP contribution in [0.3, 0.4) is 0 Å². The molecule has 0 unspecified atom stereocenters. The molecule has 0 amide bonds. The molecule has 0 aliphatic rings. The molecular weight excluding hydrogens is 188 g/mol. The Labute approximate surface area is 91.0 Å². The second-order valence-electron chi connectivity index (χ2n) is 4.71. The summed E-state index contributed by atoms with van der Waals surface area (Å²) in [5.74, 6) is 0. The lowest BCUT2D eigenvalue weighted by Crippen LogP contribution is -2.10. The Hall–Kier alpha value is -0.820. The minimum atomic E-state index is 0.114. The third kappa shape index (κ3) is 1.57. The Kier molecular flexibility index (Phi) is 1.88. The van der Waals surface area contributed by atoms with Crippen LogP contribution in [0.4, 0.5) is 0 Å². The zero-order valence-electron chi connectivity index (χ0n) is 10.1. The number of hydrogen-bond acceptors (Lipinski definition) is 1. The molecule has 0 aliphatic carbocycles. The summed E-state index contributed by atoms with van der Waals surface area (Å²) in [4.78, 5) is 1.11. The summed E-state index contributed by atoms with van der Waals surface area (Å²) >= 11 is 1.72. The second-order valence-corrected chi connectivity index (χ2v) is 5.97. The molecule has 2 rings (SSSR count). The van der Waals surface area contributed by atoms with E-state index in [1.807, 2.05) is 6.92 Å². The summed E-state index contributed by atoms with van der Waals surface area (Å²) < 4.78 is 9.34. The molecule has 1 heteroatoms. The molecule has 0 atom stereocenters. The molecule has 0 saturated heterocycles. The van der Waals surface area contributed by atoms with Gasteiger partial charge >= 0.3 is 0 Å². The first-order valence-corrected chi connectivity index (χ1v) is 5.72. The van der Waals surface area contributed by atoms with Gasteiger partial charge in [0.25, 0.3) is 0 Å². The highest BCUT2D eigenvalue weighted by Crippen LogP contribution is 2.34. The predicted molar refractivity (Wildman–Crippen MR) is 65.3 cm³/mol. The highest BCUT2D eigenvalue weighted by atomic mass is 32.1. The largest absolute Gasteiger partial charge is 0.141 e. The summed E-state index contributed by atoms with van der Waals surface area (Å²) in [5.41, 5.74) is 1.40. The Bertz CT molecular complexity index is 503. The van der Waals surface area contributed by atoms with E-state index in [0.29, 0.717) is 6.04 Å². The maximum Gasteiger partial charge on any atom is 0.0641 e. The fraction of sp³-hybridized carbons (Fsp3) is 0.385. The third-order valence-electron chi connectivity index (χ3n) is 2.40. The lowest BCUT2D eigenvalue weighted by molar-refractivity contribution is 0.596. The van der Waals surface area contributed by atoms with Crippen LogP contribution < -0.4 is 0 Å². The van der Waals surface area contributed by atoms with Crippen LogP contribution in [0.15, 0.2) is 24.2 Å². The number of rotatable bonds is 0. The van der Waals surface area contributed by atoms with Gasteiger partial charge in [-0.25, -0.2) is 0 Å². The molecule has 14 heavy (non-hydrogen) atoms. The quantitative estimate of drug-likeness (QED) is 0.593. The molecule has 0 nitrogen and oxygen atoms in total. The molecule has 2 aromatic rings. The van der Waals surface area contributed by atoms with Gasteiger partial charge < -0.3 is 0 Å². The molecule has 0 bridgehead atoms. The van der Waals surface area contributed by atoms with Crippen LogP contribution in [0.2, 0.25) is 0 Å².